The van der Waals surface area contributed by atoms with E-state index < -0.39 is 22.1 Å². The van der Waals surface area contributed by atoms with Crippen molar-refractivity contribution in [2.75, 3.05) is 13.7 Å². The Labute approximate surface area is 214 Å². The molecule has 3 rings (SSSR count). The Morgan fingerprint density at radius 2 is 1.57 bits per heavy atom. The van der Waals surface area contributed by atoms with E-state index in [-0.39, 0.29) is 6.61 Å². The third kappa shape index (κ3) is 5.52. The van der Waals surface area contributed by atoms with Gasteiger partial charge in [-0.25, -0.2) is 4.79 Å². The lowest BCUT2D eigenvalue weighted by molar-refractivity contribution is -0.156. The molecule has 2 atom stereocenters. The molecule has 0 bridgehead atoms. The van der Waals surface area contributed by atoms with Crippen LogP contribution in [0.3, 0.4) is 0 Å². The second-order valence-electron chi connectivity index (χ2n) is 9.04. The molecule has 0 saturated heterocycles. The normalized spacial score (nSPS) is 14.6. The number of benzene rings is 3. The molecule has 0 radical (unpaired) electrons. The van der Waals surface area contributed by atoms with Gasteiger partial charge in [-0.05, 0) is 68.4 Å². The molecule has 0 aromatic heterocycles. The molecule has 2 unspecified atom stereocenters. The van der Waals surface area contributed by atoms with Crippen LogP contribution in [-0.4, -0.2) is 31.1 Å². The van der Waals surface area contributed by atoms with Crippen molar-refractivity contribution in [3.05, 3.63) is 95.1 Å². The maximum absolute atomic E-state index is 14.3. The van der Waals surface area contributed by atoms with Gasteiger partial charge in [-0.15, -0.1) is 12.6 Å². The van der Waals surface area contributed by atoms with Crippen LogP contribution in [0.15, 0.2) is 72.8 Å². The molecular weight excluding hydrogens is 456 g/mol. The second-order valence-corrected chi connectivity index (χ2v) is 9.72. The maximum Gasteiger partial charge on any atom is 0.334 e. The number of hydrogen-bond acceptors (Lipinski definition) is 5. The molecule has 0 spiro atoms. The molecule has 184 valence electrons. The fourth-order valence-electron chi connectivity index (χ4n) is 4.34. The summed E-state index contributed by atoms with van der Waals surface area (Å²) in [5, 5.41) is 0. The van der Waals surface area contributed by atoms with E-state index >= 15 is 0 Å². The number of hydrogen-bond donors (Lipinski definition) is 1. The minimum Gasteiger partial charge on any atom is -0.464 e. The van der Waals surface area contributed by atoms with Gasteiger partial charge in [0.05, 0.1) is 6.61 Å². The van der Waals surface area contributed by atoms with Gasteiger partial charge < -0.3 is 9.47 Å². The van der Waals surface area contributed by atoms with E-state index in [0.717, 1.165) is 27.8 Å². The smallest absolute Gasteiger partial charge is 0.334 e. The summed E-state index contributed by atoms with van der Waals surface area (Å²) in [7, 11) is 1.50. The minimum atomic E-state index is -1.86. The Hall–Kier alpha value is -2.89. The van der Waals surface area contributed by atoms with Crippen LogP contribution < -0.4 is 0 Å². The first-order chi connectivity index (χ1) is 16.7. The third-order valence-electron chi connectivity index (χ3n) is 6.56. The van der Waals surface area contributed by atoms with Gasteiger partial charge in [0.15, 0.2) is 10.5 Å². The van der Waals surface area contributed by atoms with E-state index in [9.17, 15) is 9.59 Å². The van der Waals surface area contributed by atoms with E-state index in [0.29, 0.717) is 18.4 Å². The summed E-state index contributed by atoms with van der Waals surface area (Å²) < 4.78 is 9.38. The first-order valence-corrected chi connectivity index (χ1v) is 12.3. The molecule has 0 aliphatic heterocycles. The van der Waals surface area contributed by atoms with E-state index in [1.165, 1.54) is 7.11 Å². The van der Waals surface area contributed by atoms with Crippen LogP contribution in [0.4, 0.5) is 0 Å². The van der Waals surface area contributed by atoms with Gasteiger partial charge in [-0.3, -0.25) is 4.79 Å². The van der Waals surface area contributed by atoms with Crippen molar-refractivity contribution in [1.29, 1.82) is 0 Å². The molecule has 3 aromatic rings. The van der Waals surface area contributed by atoms with Crippen LogP contribution in [0.25, 0.3) is 11.1 Å². The third-order valence-corrected chi connectivity index (χ3v) is 7.19. The Bertz CT molecular complexity index is 1190. The number of ketones is 1. The first-order valence-electron chi connectivity index (χ1n) is 11.9. The Morgan fingerprint density at radius 3 is 2.23 bits per heavy atom. The summed E-state index contributed by atoms with van der Waals surface area (Å²) in [4.78, 5) is 27.8. The van der Waals surface area contributed by atoms with Gasteiger partial charge in [-0.1, -0.05) is 78.4 Å². The summed E-state index contributed by atoms with van der Waals surface area (Å²) in [5.41, 5.74) is 4.14. The monoisotopic (exact) mass is 490 g/mol. The summed E-state index contributed by atoms with van der Waals surface area (Å²) in [6.07, 6.45) is 1.00. The molecule has 0 saturated carbocycles. The van der Waals surface area contributed by atoms with Crippen molar-refractivity contribution < 1.29 is 19.1 Å². The summed E-state index contributed by atoms with van der Waals surface area (Å²) in [5.74, 6) is -1.14. The quantitative estimate of drug-likeness (QED) is 0.207. The Kier molecular flexibility index (Phi) is 8.57. The fraction of sp³-hybridized carbons (Fsp3) is 0.333. The number of ether oxygens (including phenoxy) is 2. The van der Waals surface area contributed by atoms with Crippen molar-refractivity contribution in [3.63, 3.8) is 0 Å². The fourth-order valence-corrected chi connectivity index (χ4v) is 4.83. The van der Waals surface area contributed by atoms with E-state index in [4.69, 9.17) is 22.1 Å². The molecule has 0 aliphatic carbocycles. The van der Waals surface area contributed by atoms with Gasteiger partial charge >= 0.3 is 5.97 Å². The molecule has 35 heavy (non-hydrogen) atoms. The van der Waals surface area contributed by atoms with Gasteiger partial charge in [0.1, 0.15) is 5.60 Å². The lowest BCUT2D eigenvalue weighted by Crippen LogP contribution is -2.52. The highest BCUT2D eigenvalue weighted by Gasteiger charge is 2.54. The number of Topliss-reactive ketones (excluding diaryl/α,β-unsaturated/α-hetero) is 1. The highest BCUT2D eigenvalue weighted by atomic mass is 32.1. The van der Waals surface area contributed by atoms with Gasteiger partial charge in [0.2, 0.25) is 0 Å². The average molecular weight is 491 g/mol. The zero-order valence-electron chi connectivity index (χ0n) is 21.1. The van der Waals surface area contributed by atoms with Gasteiger partial charge in [-0.2, -0.15) is 0 Å². The number of thiol groups is 1. The number of methoxy groups -OCH3 is 1. The van der Waals surface area contributed by atoms with Gasteiger partial charge in [0, 0.05) is 7.11 Å². The molecule has 0 aliphatic rings. The standard InChI is InChI=1S/C30H34O4S/c1-6-34-28(32)30(35,27(31)29(4,33-5)19-18-23-12-8-7-9-13-23)26-15-11-10-14-24(26)25-20-21(2)16-17-22(25)3/h7-17,20,35H,6,18-19H2,1-5H3. The lowest BCUT2D eigenvalue weighted by Gasteiger charge is -2.36. The predicted molar refractivity (Wildman–Crippen MR) is 144 cm³/mol. The largest absolute Gasteiger partial charge is 0.464 e. The van der Waals surface area contributed by atoms with Crippen LogP contribution in [0.1, 0.15) is 42.5 Å². The maximum atomic E-state index is 14.3. The summed E-state index contributed by atoms with van der Waals surface area (Å²) in [6, 6.07) is 23.4. The SMILES string of the molecule is CCOC(=O)C(S)(C(=O)C(C)(CCc1ccccc1)OC)c1ccccc1-c1cc(C)ccc1C. The summed E-state index contributed by atoms with van der Waals surface area (Å²) in [6.45, 7) is 7.60. The van der Waals surface area contributed by atoms with Crippen LogP contribution >= 0.6 is 12.6 Å². The topological polar surface area (TPSA) is 52.6 Å². The highest BCUT2D eigenvalue weighted by Crippen LogP contribution is 2.43. The van der Waals surface area contributed by atoms with E-state index in [2.05, 4.69) is 6.07 Å². The Morgan fingerprint density at radius 1 is 0.914 bits per heavy atom. The van der Waals surface area contributed by atoms with Gasteiger partial charge in [0.25, 0.3) is 0 Å². The van der Waals surface area contributed by atoms with Crippen molar-refractivity contribution in [3.8, 4) is 11.1 Å². The molecule has 0 amide bonds. The lowest BCUT2D eigenvalue weighted by atomic mass is 9.78. The van der Waals surface area contributed by atoms with E-state index in [1.807, 2.05) is 74.5 Å². The molecule has 0 heterocycles. The zero-order valence-corrected chi connectivity index (χ0v) is 22.0. The zero-order chi connectivity index (χ0) is 25.6. The number of aryl methyl sites for hydroxylation is 3. The van der Waals surface area contributed by atoms with Crippen LogP contribution in [0.2, 0.25) is 0 Å². The second kappa shape index (κ2) is 11.2. The Balaban J connectivity index is 2.14. The van der Waals surface area contributed by atoms with Crippen molar-refractivity contribution in [2.24, 2.45) is 0 Å². The summed E-state index contributed by atoms with van der Waals surface area (Å²) >= 11 is 4.84. The number of carbonyl (C=O) groups is 2. The van der Waals surface area contributed by atoms with Crippen LogP contribution in [0, 0.1) is 13.8 Å². The van der Waals surface area contributed by atoms with Crippen LogP contribution in [-0.2, 0) is 30.2 Å². The number of carbonyl (C=O) groups excluding carboxylic acids is 2. The molecule has 3 aromatic carbocycles. The molecule has 5 heteroatoms. The van der Waals surface area contributed by atoms with E-state index in [1.54, 1.807) is 19.9 Å². The molecule has 0 N–H and O–H groups in total. The highest BCUT2D eigenvalue weighted by molar-refractivity contribution is 7.83. The molecule has 4 nitrogen and oxygen atoms in total. The van der Waals surface area contributed by atoms with Crippen molar-refractivity contribution >= 4 is 24.4 Å². The predicted octanol–water partition coefficient (Wildman–Crippen LogP) is 6.27. The average Bonchev–Trinajstić information content (AvgIpc) is 2.88. The number of rotatable bonds is 10. The van der Waals surface area contributed by atoms with Crippen molar-refractivity contribution in [1.82, 2.24) is 0 Å². The molecular formula is C30H34O4S. The first kappa shape index (κ1) is 26.7. The van der Waals surface area contributed by atoms with Crippen molar-refractivity contribution in [2.45, 2.75) is 50.9 Å². The van der Waals surface area contributed by atoms with Crippen LogP contribution in [0.5, 0.6) is 0 Å². The minimum absolute atomic E-state index is 0.133. The molecule has 0 fully saturated rings. The number of esters is 1.